The van der Waals surface area contributed by atoms with Crippen molar-refractivity contribution in [2.24, 2.45) is 4.99 Å². The number of nitrogens with zero attached hydrogens (tertiary/aromatic N) is 1. The van der Waals surface area contributed by atoms with Crippen molar-refractivity contribution in [2.45, 2.75) is 4.45 Å². The fraction of sp³-hybridized carbons (Fsp3) is 0.400. The van der Waals surface area contributed by atoms with E-state index < -0.39 is 4.45 Å². The average molecular weight is 179 g/mol. The van der Waals surface area contributed by atoms with Crippen LogP contribution in [-0.4, -0.2) is 22.0 Å². The Hall–Kier alpha value is -0.350. The summed E-state index contributed by atoms with van der Waals surface area (Å²) in [5.41, 5.74) is 0. The standard InChI is InChI=1S/C5H7ClN2OS/c1-10-5(6)7-3-2-4(9)8-5/h2-3,8-9H,1H3. The van der Waals surface area contributed by atoms with Crippen molar-refractivity contribution in [1.82, 2.24) is 5.32 Å². The van der Waals surface area contributed by atoms with E-state index in [1.54, 1.807) is 6.26 Å². The van der Waals surface area contributed by atoms with Crippen molar-refractivity contribution in [3.8, 4) is 0 Å². The van der Waals surface area contributed by atoms with Gasteiger partial charge in [-0.1, -0.05) is 23.4 Å². The number of rotatable bonds is 1. The summed E-state index contributed by atoms with van der Waals surface area (Å²) in [5.74, 6) is 0.0411. The number of aliphatic hydroxyl groups excluding tert-OH is 1. The first-order valence-electron chi connectivity index (χ1n) is 2.63. The van der Waals surface area contributed by atoms with Crippen molar-refractivity contribution >= 4 is 29.6 Å². The van der Waals surface area contributed by atoms with Crippen molar-refractivity contribution in [3.63, 3.8) is 0 Å². The molecule has 1 atom stereocenters. The molecule has 0 radical (unpaired) electrons. The average Bonchev–Trinajstić information content (AvgIpc) is 1.88. The molecule has 5 heteroatoms. The molecule has 1 unspecified atom stereocenters. The highest BCUT2D eigenvalue weighted by atomic mass is 35.5. The largest absolute Gasteiger partial charge is 0.495 e. The normalized spacial score (nSPS) is 31.2. The predicted molar refractivity (Wildman–Crippen MR) is 44.4 cm³/mol. The third kappa shape index (κ3) is 1.58. The molecule has 2 N–H and O–H groups in total. The van der Waals surface area contributed by atoms with Crippen LogP contribution in [0.4, 0.5) is 0 Å². The van der Waals surface area contributed by atoms with Gasteiger partial charge in [-0.2, -0.15) is 0 Å². The van der Waals surface area contributed by atoms with Gasteiger partial charge in [0.2, 0.25) is 0 Å². The van der Waals surface area contributed by atoms with Crippen LogP contribution in [0.5, 0.6) is 0 Å². The SMILES string of the molecule is CSC1(Cl)N=CC=C(O)N1. The van der Waals surface area contributed by atoms with Gasteiger partial charge in [0, 0.05) is 12.3 Å². The number of aliphatic hydroxyl groups is 1. The second-order valence-electron chi connectivity index (χ2n) is 1.72. The maximum Gasteiger partial charge on any atom is 0.257 e. The van der Waals surface area contributed by atoms with E-state index in [9.17, 15) is 0 Å². The number of allylic oxidation sites excluding steroid dienone is 1. The molecular weight excluding hydrogens is 172 g/mol. The van der Waals surface area contributed by atoms with Gasteiger partial charge >= 0.3 is 0 Å². The summed E-state index contributed by atoms with van der Waals surface area (Å²) in [4.78, 5) is 3.89. The summed E-state index contributed by atoms with van der Waals surface area (Å²) in [6.45, 7) is 0. The zero-order valence-electron chi connectivity index (χ0n) is 5.34. The number of alkyl halides is 1. The second kappa shape index (κ2) is 2.72. The molecule has 1 aliphatic heterocycles. The van der Waals surface area contributed by atoms with Gasteiger partial charge < -0.3 is 10.4 Å². The maximum atomic E-state index is 8.94. The summed E-state index contributed by atoms with van der Waals surface area (Å²) in [5, 5.41) is 11.5. The van der Waals surface area contributed by atoms with E-state index in [0.717, 1.165) is 0 Å². The van der Waals surface area contributed by atoms with Gasteiger partial charge in [0.15, 0.2) is 5.88 Å². The van der Waals surface area contributed by atoms with E-state index in [1.165, 1.54) is 24.1 Å². The Morgan fingerprint density at radius 1 is 1.90 bits per heavy atom. The number of hydrogen-bond acceptors (Lipinski definition) is 4. The van der Waals surface area contributed by atoms with Crippen LogP contribution in [0.1, 0.15) is 0 Å². The van der Waals surface area contributed by atoms with Crippen LogP contribution in [0.2, 0.25) is 0 Å². The van der Waals surface area contributed by atoms with E-state index in [1.807, 2.05) is 0 Å². The third-order valence-corrected chi connectivity index (χ3v) is 2.43. The van der Waals surface area contributed by atoms with Gasteiger partial charge in [0.05, 0.1) is 0 Å². The number of thioether (sulfide) groups is 1. The molecule has 1 rings (SSSR count). The monoisotopic (exact) mass is 178 g/mol. The Bertz CT molecular complexity index is 194. The van der Waals surface area contributed by atoms with E-state index >= 15 is 0 Å². The van der Waals surface area contributed by atoms with Crippen LogP contribution in [0, 0.1) is 0 Å². The van der Waals surface area contributed by atoms with E-state index in [-0.39, 0.29) is 5.88 Å². The molecule has 0 aromatic carbocycles. The Kier molecular flexibility index (Phi) is 2.11. The van der Waals surface area contributed by atoms with Crippen LogP contribution in [0.3, 0.4) is 0 Å². The molecule has 0 amide bonds. The molecule has 0 aromatic heterocycles. The first-order valence-corrected chi connectivity index (χ1v) is 4.23. The van der Waals surface area contributed by atoms with E-state index in [4.69, 9.17) is 16.7 Å². The van der Waals surface area contributed by atoms with Crippen molar-refractivity contribution in [1.29, 1.82) is 0 Å². The Morgan fingerprint density at radius 2 is 2.60 bits per heavy atom. The van der Waals surface area contributed by atoms with E-state index in [0.29, 0.717) is 0 Å². The summed E-state index contributed by atoms with van der Waals surface area (Å²) in [7, 11) is 0. The zero-order valence-corrected chi connectivity index (χ0v) is 6.91. The van der Waals surface area contributed by atoms with Crippen LogP contribution in [0.15, 0.2) is 17.0 Å². The maximum absolute atomic E-state index is 8.94. The van der Waals surface area contributed by atoms with Crippen molar-refractivity contribution in [2.75, 3.05) is 6.26 Å². The molecule has 56 valence electrons. The predicted octanol–water partition coefficient (Wildman–Crippen LogP) is 1.27. The molecule has 3 nitrogen and oxygen atoms in total. The third-order valence-electron chi connectivity index (χ3n) is 1.03. The van der Waals surface area contributed by atoms with Crippen molar-refractivity contribution < 1.29 is 5.11 Å². The number of halogens is 1. The molecule has 0 bridgehead atoms. The Morgan fingerprint density at radius 3 is 3.00 bits per heavy atom. The number of aliphatic imine (C=N–C) groups is 1. The zero-order chi connectivity index (χ0) is 7.61. The fourth-order valence-electron chi connectivity index (χ4n) is 0.539. The first-order chi connectivity index (χ1) is 4.66. The second-order valence-corrected chi connectivity index (χ2v) is 3.49. The molecule has 10 heavy (non-hydrogen) atoms. The van der Waals surface area contributed by atoms with Crippen LogP contribution in [0.25, 0.3) is 0 Å². The molecule has 0 saturated carbocycles. The van der Waals surface area contributed by atoms with Gasteiger partial charge in [-0.25, -0.2) is 4.99 Å². The topological polar surface area (TPSA) is 44.6 Å². The Labute approximate surface area is 68.2 Å². The van der Waals surface area contributed by atoms with Gasteiger partial charge in [-0.15, -0.1) is 0 Å². The molecule has 1 aliphatic rings. The number of hydrogen-bond donors (Lipinski definition) is 2. The summed E-state index contributed by atoms with van der Waals surface area (Å²) in [6.07, 6.45) is 4.71. The summed E-state index contributed by atoms with van der Waals surface area (Å²) in [6, 6.07) is 0. The van der Waals surface area contributed by atoms with E-state index in [2.05, 4.69) is 10.3 Å². The summed E-state index contributed by atoms with van der Waals surface area (Å²) < 4.78 is -0.918. The number of nitrogens with one attached hydrogen (secondary N) is 1. The molecule has 0 saturated heterocycles. The van der Waals surface area contributed by atoms with Gasteiger partial charge in [-0.05, 0) is 6.26 Å². The molecule has 0 aromatic rings. The van der Waals surface area contributed by atoms with Gasteiger partial charge in [0.1, 0.15) is 0 Å². The quantitative estimate of drug-likeness (QED) is 0.470. The van der Waals surface area contributed by atoms with Gasteiger partial charge in [0.25, 0.3) is 4.45 Å². The minimum atomic E-state index is -0.918. The highest BCUT2D eigenvalue weighted by molar-refractivity contribution is 8.01. The molecular formula is C5H7ClN2OS. The molecule has 1 heterocycles. The van der Waals surface area contributed by atoms with Crippen molar-refractivity contribution in [3.05, 3.63) is 12.0 Å². The molecule has 0 fully saturated rings. The highest BCUT2D eigenvalue weighted by Gasteiger charge is 2.26. The lowest BCUT2D eigenvalue weighted by molar-refractivity contribution is 0.352. The lowest BCUT2D eigenvalue weighted by Gasteiger charge is -2.23. The van der Waals surface area contributed by atoms with Crippen LogP contribution >= 0.6 is 23.4 Å². The molecule has 0 spiro atoms. The van der Waals surface area contributed by atoms with Crippen LogP contribution < -0.4 is 5.32 Å². The smallest absolute Gasteiger partial charge is 0.257 e. The minimum absolute atomic E-state index is 0.0411. The Balaban J connectivity index is 2.71. The lowest BCUT2D eigenvalue weighted by Crippen LogP contribution is -2.35. The fourth-order valence-corrected chi connectivity index (χ4v) is 1.07. The highest BCUT2D eigenvalue weighted by Crippen LogP contribution is 2.27. The minimum Gasteiger partial charge on any atom is -0.495 e. The first kappa shape index (κ1) is 7.75. The lowest BCUT2D eigenvalue weighted by atomic mass is 10.6. The van der Waals surface area contributed by atoms with Crippen LogP contribution in [-0.2, 0) is 0 Å². The van der Waals surface area contributed by atoms with Gasteiger partial charge in [-0.3, -0.25) is 0 Å². The molecule has 0 aliphatic carbocycles. The summed E-state index contributed by atoms with van der Waals surface area (Å²) >= 11 is 7.11.